The zero-order valence-electron chi connectivity index (χ0n) is 4.75. The van der Waals surface area contributed by atoms with E-state index >= 15 is 0 Å². The average molecular weight is 164 g/mol. The molecule has 0 saturated heterocycles. The van der Waals surface area contributed by atoms with Crippen LogP contribution in [0.3, 0.4) is 0 Å². The summed E-state index contributed by atoms with van der Waals surface area (Å²) in [7, 11) is -3.59. The molecule has 0 aliphatic carbocycles. The van der Waals surface area contributed by atoms with Gasteiger partial charge in [-0.25, -0.2) is 4.21 Å². The fourth-order valence-electron chi connectivity index (χ4n) is 0.144. The largest absolute Gasteiger partial charge is 1.00 e. The Hall–Kier alpha value is 1.29. The maximum Gasteiger partial charge on any atom is 1.00 e. The molecule has 44 valence electrons. The van der Waals surface area contributed by atoms with Gasteiger partial charge in [0.2, 0.25) is 0 Å². The molecular weight excluding hydrogens is 159 g/mol. The summed E-state index contributed by atoms with van der Waals surface area (Å²) in [5.74, 6) is 0. The molecule has 0 aromatic carbocycles. The normalized spacial score (nSPS) is 16.2. The van der Waals surface area contributed by atoms with E-state index in [-0.39, 0.29) is 36.2 Å². The van der Waals surface area contributed by atoms with Crippen LogP contribution in [0.1, 0.15) is 6.92 Å². The van der Waals surface area contributed by atoms with E-state index in [0.717, 1.165) is 0 Å². The van der Waals surface area contributed by atoms with E-state index in [1.807, 2.05) is 0 Å². The minimum absolute atomic E-state index is 0. The quantitative estimate of drug-likeness (QED) is 0.404. The number of rotatable bonds is 2. The van der Waals surface area contributed by atoms with E-state index in [4.69, 9.17) is 0 Å². The summed E-state index contributed by atoms with van der Waals surface area (Å²) < 4.78 is 23.7. The third-order valence-corrected chi connectivity index (χ3v) is 1.08. The maximum absolute atomic E-state index is 9.82. The van der Waals surface area contributed by atoms with Gasteiger partial charge in [0.25, 0.3) is 0 Å². The van der Waals surface area contributed by atoms with Gasteiger partial charge in [-0.2, -0.15) is 0 Å². The summed E-state index contributed by atoms with van der Waals surface area (Å²) in [5.41, 5.74) is 0. The van der Waals surface area contributed by atoms with Gasteiger partial charge in [-0.05, 0) is 18.1 Å². The summed E-state index contributed by atoms with van der Waals surface area (Å²) >= 11 is 3.83. The molecule has 0 aromatic rings. The molecule has 0 N–H and O–H groups in total. The Balaban J connectivity index is 0. The zero-order valence-corrected chi connectivity index (χ0v) is 8.38. The van der Waals surface area contributed by atoms with Crippen molar-refractivity contribution in [3.8, 4) is 0 Å². The Morgan fingerprint density at radius 3 is 2.25 bits per heavy atom. The SMILES string of the molecule is CCOS(=O)([O-])=S.[Na+]. The fraction of sp³-hybridized carbons (Fsp3) is 1.00. The summed E-state index contributed by atoms with van der Waals surface area (Å²) in [6.45, 7) is 1.68. The van der Waals surface area contributed by atoms with Gasteiger partial charge in [-0.1, -0.05) is 0 Å². The molecule has 0 aliphatic heterocycles. The second-order valence-electron chi connectivity index (χ2n) is 0.815. The third-order valence-electron chi connectivity index (χ3n) is 0.262. The Kier molecular flexibility index (Phi) is 7.67. The van der Waals surface area contributed by atoms with E-state index in [1.165, 1.54) is 0 Å². The van der Waals surface area contributed by atoms with Gasteiger partial charge >= 0.3 is 29.6 Å². The van der Waals surface area contributed by atoms with Gasteiger partial charge in [0.1, 0.15) is 0 Å². The molecule has 0 amide bonds. The van der Waals surface area contributed by atoms with Gasteiger partial charge in [0.05, 0.1) is 15.7 Å². The van der Waals surface area contributed by atoms with Crippen LogP contribution in [0, 0.1) is 0 Å². The van der Waals surface area contributed by atoms with Crippen molar-refractivity contribution >= 4 is 20.2 Å². The molecule has 3 nitrogen and oxygen atoms in total. The van der Waals surface area contributed by atoms with Crippen LogP contribution in [0.5, 0.6) is 0 Å². The first-order valence-corrected chi connectivity index (χ1v) is 4.00. The standard InChI is InChI=1S/C2H6O3S2.Na/c1-2-5-7(3,4)6;/h2H2,1H3,(H,3,4,6);/q;+1/p-1. The molecule has 0 rings (SSSR count). The monoisotopic (exact) mass is 164 g/mol. The minimum atomic E-state index is -3.59. The van der Waals surface area contributed by atoms with Gasteiger partial charge < -0.3 is 4.55 Å². The Morgan fingerprint density at radius 2 is 2.25 bits per heavy atom. The van der Waals surface area contributed by atoms with Crippen molar-refractivity contribution < 1.29 is 42.5 Å². The van der Waals surface area contributed by atoms with Crippen LogP contribution in [0.15, 0.2) is 0 Å². The van der Waals surface area contributed by atoms with Crippen LogP contribution in [0.25, 0.3) is 0 Å². The van der Waals surface area contributed by atoms with Crippen molar-refractivity contribution in [3.63, 3.8) is 0 Å². The van der Waals surface area contributed by atoms with Crippen LogP contribution in [0.2, 0.25) is 0 Å². The minimum Gasteiger partial charge on any atom is -0.748 e. The molecule has 0 heterocycles. The van der Waals surface area contributed by atoms with Crippen molar-refractivity contribution in [1.82, 2.24) is 0 Å². The predicted octanol–water partition coefficient (Wildman–Crippen LogP) is -3.18. The number of hydrogen-bond donors (Lipinski definition) is 0. The van der Waals surface area contributed by atoms with E-state index < -0.39 is 9.05 Å². The summed E-state index contributed by atoms with van der Waals surface area (Å²) in [6.07, 6.45) is 0. The van der Waals surface area contributed by atoms with Crippen LogP contribution < -0.4 is 29.6 Å². The average Bonchev–Trinajstić information content (AvgIpc) is 1.30. The molecular formula is C2H5NaO3S2. The van der Waals surface area contributed by atoms with Crippen LogP contribution >= 0.6 is 0 Å². The molecule has 8 heavy (non-hydrogen) atoms. The molecule has 0 bridgehead atoms. The third kappa shape index (κ3) is 10.3. The maximum atomic E-state index is 9.82. The topological polar surface area (TPSA) is 49.4 Å². The van der Waals surface area contributed by atoms with E-state index in [2.05, 4.69) is 15.4 Å². The predicted molar refractivity (Wildman–Crippen MR) is 27.9 cm³/mol. The molecule has 0 saturated carbocycles. The van der Waals surface area contributed by atoms with Crippen molar-refractivity contribution in [1.29, 1.82) is 0 Å². The van der Waals surface area contributed by atoms with Crippen molar-refractivity contribution in [2.45, 2.75) is 6.92 Å². The fourth-order valence-corrected chi connectivity index (χ4v) is 0.722. The Morgan fingerprint density at radius 1 is 1.88 bits per heavy atom. The molecule has 0 radical (unpaired) electrons. The Labute approximate surface area is 75.8 Å². The first kappa shape index (κ1) is 12.0. The Bertz CT molecular complexity index is 128. The first-order chi connectivity index (χ1) is 3.06. The van der Waals surface area contributed by atoms with Crippen LogP contribution in [-0.2, 0) is 24.4 Å². The van der Waals surface area contributed by atoms with Crippen molar-refractivity contribution in [2.75, 3.05) is 6.61 Å². The second kappa shape index (κ2) is 5.10. The van der Waals surface area contributed by atoms with Gasteiger partial charge in [0, 0.05) is 0 Å². The van der Waals surface area contributed by atoms with Gasteiger partial charge in [-0.15, -0.1) is 0 Å². The molecule has 1 unspecified atom stereocenters. The smallest absolute Gasteiger partial charge is 0.748 e. The summed E-state index contributed by atoms with van der Waals surface area (Å²) in [4.78, 5) is 0. The van der Waals surface area contributed by atoms with E-state index in [9.17, 15) is 8.76 Å². The van der Waals surface area contributed by atoms with Crippen LogP contribution in [0.4, 0.5) is 0 Å². The number of hydrogen-bond acceptors (Lipinski definition) is 4. The molecule has 0 fully saturated rings. The summed E-state index contributed by atoms with van der Waals surface area (Å²) in [6, 6.07) is 0. The van der Waals surface area contributed by atoms with E-state index in [0.29, 0.717) is 0 Å². The van der Waals surface area contributed by atoms with Crippen molar-refractivity contribution in [3.05, 3.63) is 0 Å². The van der Waals surface area contributed by atoms with Crippen molar-refractivity contribution in [2.24, 2.45) is 0 Å². The molecule has 0 aromatic heterocycles. The van der Waals surface area contributed by atoms with Crippen LogP contribution in [-0.4, -0.2) is 15.4 Å². The molecule has 0 aliphatic rings. The van der Waals surface area contributed by atoms with Gasteiger partial charge in [-0.3, -0.25) is 4.18 Å². The molecule has 6 heteroatoms. The molecule has 1 atom stereocenters. The van der Waals surface area contributed by atoms with E-state index in [1.54, 1.807) is 6.92 Å². The van der Waals surface area contributed by atoms with Gasteiger partial charge in [0.15, 0.2) is 0 Å². The molecule has 0 spiro atoms. The summed E-state index contributed by atoms with van der Waals surface area (Å²) in [5, 5.41) is 0. The zero-order chi connectivity index (χ0) is 5.91. The second-order valence-corrected chi connectivity index (χ2v) is 3.09. The first-order valence-electron chi connectivity index (χ1n) is 1.66.